The van der Waals surface area contributed by atoms with Crippen LogP contribution in [0.4, 0.5) is 0 Å². The fourth-order valence-corrected chi connectivity index (χ4v) is 3.84. The summed E-state index contributed by atoms with van der Waals surface area (Å²) in [6, 6.07) is 6.61. The Morgan fingerprint density at radius 2 is 1.68 bits per heavy atom. The van der Waals surface area contributed by atoms with Crippen LogP contribution in [0.3, 0.4) is 0 Å². The molecule has 0 saturated carbocycles. The van der Waals surface area contributed by atoms with E-state index >= 15 is 0 Å². The van der Waals surface area contributed by atoms with Crippen LogP contribution in [-0.2, 0) is 9.53 Å². The molecule has 2 aromatic rings. The largest absolute Gasteiger partial charge is 0.506 e. The normalized spacial score (nSPS) is 14.7. The maximum Gasteiger partial charge on any atom is 0.363 e. The number of aromatic hydroxyl groups is 1. The van der Waals surface area contributed by atoms with Crippen molar-refractivity contribution in [2.75, 3.05) is 21.3 Å². The lowest BCUT2D eigenvalue weighted by Gasteiger charge is -2.13. The van der Waals surface area contributed by atoms with E-state index in [9.17, 15) is 9.90 Å². The standard InChI is InChI=1S/C19H15Br2NO6/c1-25-14-6-10(7-15(26-2)17(14)27-3)18-22-13(19(24)28-18)5-9-4-11(20)8-12(21)16(9)23/h4-8,23H,1-3H3/b13-5-. The van der Waals surface area contributed by atoms with Crippen LogP contribution in [-0.4, -0.2) is 38.3 Å². The van der Waals surface area contributed by atoms with Crippen LogP contribution in [0.1, 0.15) is 11.1 Å². The van der Waals surface area contributed by atoms with Gasteiger partial charge in [0.15, 0.2) is 17.2 Å². The van der Waals surface area contributed by atoms with Crippen molar-refractivity contribution in [2.24, 2.45) is 4.99 Å². The SMILES string of the molecule is COc1cc(C2=N/C(=C\c3cc(Br)cc(Br)c3O)C(=O)O2)cc(OC)c1OC. The molecule has 1 aliphatic heterocycles. The third-order valence-electron chi connectivity index (χ3n) is 3.88. The monoisotopic (exact) mass is 511 g/mol. The second-order valence-corrected chi connectivity index (χ2v) is 7.35. The van der Waals surface area contributed by atoms with E-state index in [1.54, 1.807) is 24.3 Å². The summed E-state index contributed by atoms with van der Waals surface area (Å²) in [4.78, 5) is 16.5. The number of rotatable bonds is 5. The number of methoxy groups -OCH3 is 3. The number of nitrogens with zero attached hydrogens (tertiary/aromatic N) is 1. The number of carbonyl (C=O) groups is 1. The maximum atomic E-state index is 12.3. The van der Waals surface area contributed by atoms with E-state index in [4.69, 9.17) is 18.9 Å². The number of cyclic esters (lactones) is 1. The molecule has 146 valence electrons. The summed E-state index contributed by atoms with van der Waals surface area (Å²) < 4.78 is 22.4. The fourth-order valence-electron chi connectivity index (χ4n) is 2.58. The minimum atomic E-state index is -0.640. The van der Waals surface area contributed by atoms with E-state index in [0.29, 0.717) is 32.8 Å². The molecule has 2 aromatic carbocycles. The third kappa shape index (κ3) is 3.85. The first kappa shape index (κ1) is 20.2. The Bertz CT molecular complexity index is 991. The number of halogens is 2. The zero-order valence-electron chi connectivity index (χ0n) is 15.1. The molecule has 0 fully saturated rings. The summed E-state index contributed by atoms with van der Waals surface area (Å²) in [5.74, 6) is 0.657. The Morgan fingerprint density at radius 1 is 1.04 bits per heavy atom. The average Bonchev–Trinajstić information content (AvgIpc) is 3.04. The number of esters is 1. The van der Waals surface area contributed by atoms with Crippen molar-refractivity contribution in [3.05, 3.63) is 50.0 Å². The zero-order chi connectivity index (χ0) is 20.4. The van der Waals surface area contributed by atoms with Gasteiger partial charge in [-0.2, -0.15) is 0 Å². The average molecular weight is 513 g/mol. The van der Waals surface area contributed by atoms with Crippen molar-refractivity contribution in [1.29, 1.82) is 0 Å². The summed E-state index contributed by atoms with van der Waals surface area (Å²) in [7, 11) is 4.47. The smallest absolute Gasteiger partial charge is 0.363 e. The van der Waals surface area contributed by atoms with Crippen LogP contribution in [0, 0.1) is 0 Å². The van der Waals surface area contributed by atoms with Gasteiger partial charge in [0.1, 0.15) is 5.75 Å². The molecule has 0 bridgehead atoms. The molecule has 3 rings (SSSR count). The Labute approximate surface area is 177 Å². The molecule has 0 spiro atoms. The second-order valence-electron chi connectivity index (χ2n) is 5.58. The summed E-state index contributed by atoms with van der Waals surface area (Å²) in [6.07, 6.45) is 1.44. The molecule has 9 heteroatoms. The van der Waals surface area contributed by atoms with Gasteiger partial charge in [-0.05, 0) is 46.3 Å². The molecule has 28 heavy (non-hydrogen) atoms. The molecule has 0 saturated heterocycles. The second kappa shape index (κ2) is 8.24. The molecule has 0 radical (unpaired) electrons. The number of phenolic OH excluding ortho intramolecular Hbond substituents is 1. The van der Waals surface area contributed by atoms with Crippen LogP contribution < -0.4 is 14.2 Å². The first-order valence-electron chi connectivity index (χ1n) is 7.89. The molecule has 0 unspecified atom stereocenters. The topological polar surface area (TPSA) is 86.6 Å². The summed E-state index contributed by atoms with van der Waals surface area (Å²) in [6.45, 7) is 0. The van der Waals surface area contributed by atoms with E-state index in [0.717, 1.165) is 4.47 Å². The highest BCUT2D eigenvalue weighted by molar-refractivity contribution is 9.11. The summed E-state index contributed by atoms with van der Waals surface area (Å²) in [5, 5.41) is 10.2. The van der Waals surface area contributed by atoms with Gasteiger partial charge in [-0.15, -0.1) is 0 Å². The number of benzene rings is 2. The lowest BCUT2D eigenvalue weighted by atomic mass is 10.1. The molecule has 0 aliphatic carbocycles. The van der Waals surface area contributed by atoms with Gasteiger partial charge in [-0.1, -0.05) is 15.9 Å². The number of hydrogen-bond donors (Lipinski definition) is 1. The van der Waals surface area contributed by atoms with Crippen molar-refractivity contribution in [2.45, 2.75) is 0 Å². The molecule has 1 N–H and O–H groups in total. The molecule has 0 amide bonds. The predicted molar refractivity (Wildman–Crippen MR) is 110 cm³/mol. The molecule has 1 aliphatic rings. The number of phenols is 1. The Balaban J connectivity index is 2.06. The number of hydrogen-bond acceptors (Lipinski definition) is 7. The van der Waals surface area contributed by atoms with Gasteiger partial charge >= 0.3 is 5.97 Å². The highest BCUT2D eigenvalue weighted by atomic mass is 79.9. The van der Waals surface area contributed by atoms with Crippen molar-refractivity contribution >= 4 is 49.8 Å². The Hall–Kier alpha value is -2.52. The molecular formula is C19H15Br2NO6. The number of carbonyl (C=O) groups excluding carboxylic acids is 1. The first-order valence-corrected chi connectivity index (χ1v) is 9.47. The zero-order valence-corrected chi connectivity index (χ0v) is 18.3. The molecule has 0 atom stereocenters. The third-order valence-corrected chi connectivity index (χ3v) is 4.94. The van der Waals surface area contributed by atoms with E-state index < -0.39 is 5.97 Å². The minimum absolute atomic E-state index is 0.0139. The Kier molecular flexibility index (Phi) is 5.95. The van der Waals surface area contributed by atoms with Gasteiger partial charge in [0, 0.05) is 15.6 Å². The minimum Gasteiger partial charge on any atom is -0.506 e. The highest BCUT2D eigenvalue weighted by Crippen LogP contribution is 2.39. The van der Waals surface area contributed by atoms with Crippen molar-refractivity contribution in [3.8, 4) is 23.0 Å². The van der Waals surface area contributed by atoms with Gasteiger partial charge in [-0.25, -0.2) is 9.79 Å². The lowest BCUT2D eigenvalue weighted by Crippen LogP contribution is -2.06. The van der Waals surface area contributed by atoms with Crippen LogP contribution in [0.25, 0.3) is 6.08 Å². The fraction of sp³-hybridized carbons (Fsp3) is 0.158. The first-order chi connectivity index (χ1) is 13.4. The van der Waals surface area contributed by atoms with Gasteiger partial charge in [-0.3, -0.25) is 0 Å². The van der Waals surface area contributed by atoms with Gasteiger partial charge < -0.3 is 24.1 Å². The Morgan fingerprint density at radius 3 is 2.25 bits per heavy atom. The van der Waals surface area contributed by atoms with E-state index in [1.165, 1.54) is 27.4 Å². The van der Waals surface area contributed by atoms with E-state index in [-0.39, 0.29) is 17.3 Å². The quantitative estimate of drug-likeness (QED) is 0.475. The highest BCUT2D eigenvalue weighted by Gasteiger charge is 2.27. The van der Waals surface area contributed by atoms with E-state index in [2.05, 4.69) is 36.9 Å². The summed E-state index contributed by atoms with van der Waals surface area (Å²) in [5.41, 5.74) is 0.929. The number of ether oxygens (including phenoxy) is 4. The van der Waals surface area contributed by atoms with Gasteiger partial charge in [0.2, 0.25) is 11.6 Å². The lowest BCUT2D eigenvalue weighted by molar-refractivity contribution is -0.129. The molecule has 1 heterocycles. The van der Waals surface area contributed by atoms with Gasteiger partial charge in [0.25, 0.3) is 0 Å². The van der Waals surface area contributed by atoms with Crippen LogP contribution in [0.5, 0.6) is 23.0 Å². The van der Waals surface area contributed by atoms with Gasteiger partial charge in [0.05, 0.1) is 25.8 Å². The molecular weight excluding hydrogens is 498 g/mol. The molecule has 0 aromatic heterocycles. The van der Waals surface area contributed by atoms with Crippen LogP contribution in [0.15, 0.2) is 43.9 Å². The maximum absolute atomic E-state index is 12.3. The van der Waals surface area contributed by atoms with Crippen LogP contribution >= 0.6 is 31.9 Å². The number of aliphatic imine (C=N–C) groups is 1. The van der Waals surface area contributed by atoms with Crippen molar-refractivity contribution in [3.63, 3.8) is 0 Å². The van der Waals surface area contributed by atoms with E-state index in [1.807, 2.05) is 0 Å². The van der Waals surface area contributed by atoms with Crippen molar-refractivity contribution < 1.29 is 28.8 Å². The molecule has 7 nitrogen and oxygen atoms in total. The summed E-state index contributed by atoms with van der Waals surface area (Å²) >= 11 is 6.60. The van der Waals surface area contributed by atoms with Crippen molar-refractivity contribution in [1.82, 2.24) is 0 Å². The van der Waals surface area contributed by atoms with Crippen LogP contribution in [0.2, 0.25) is 0 Å². The predicted octanol–water partition coefficient (Wildman–Crippen LogP) is 4.29.